The van der Waals surface area contributed by atoms with Gasteiger partial charge in [0.2, 0.25) is 0 Å². The van der Waals surface area contributed by atoms with E-state index in [1.165, 1.54) is 5.56 Å². The Morgan fingerprint density at radius 2 is 1.64 bits per heavy atom. The average Bonchev–Trinajstić information content (AvgIpc) is 2.46. The molecule has 1 aromatic carbocycles. The number of guanidine groups is 1. The van der Waals surface area contributed by atoms with Gasteiger partial charge in [0.1, 0.15) is 0 Å². The minimum absolute atomic E-state index is 0. The van der Waals surface area contributed by atoms with Gasteiger partial charge in [-0.1, -0.05) is 30.3 Å². The quantitative estimate of drug-likeness (QED) is 0.406. The van der Waals surface area contributed by atoms with Gasteiger partial charge in [-0.05, 0) is 33.3 Å². The van der Waals surface area contributed by atoms with E-state index in [2.05, 4.69) is 72.5 Å². The predicted molar refractivity (Wildman–Crippen MR) is 107 cm³/mol. The molecular weight excluding hydrogens is 387 g/mol. The SMILES string of the molecule is CN=C(NCCN(C(C)C)C(C)C)NCc1ccccc1.I. The van der Waals surface area contributed by atoms with E-state index < -0.39 is 0 Å². The highest BCUT2D eigenvalue weighted by molar-refractivity contribution is 14.0. The molecule has 0 radical (unpaired) electrons. The number of nitrogens with one attached hydrogen (secondary N) is 2. The second-order valence-electron chi connectivity index (χ2n) is 5.76. The van der Waals surface area contributed by atoms with Gasteiger partial charge in [-0.25, -0.2) is 0 Å². The first-order valence-electron chi connectivity index (χ1n) is 7.78. The maximum Gasteiger partial charge on any atom is 0.191 e. The molecule has 1 rings (SSSR count). The molecule has 0 aromatic heterocycles. The molecule has 0 amide bonds. The summed E-state index contributed by atoms with van der Waals surface area (Å²) < 4.78 is 0. The monoisotopic (exact) mass is 418 g/mol. The van der Waals surface area contributed by atoms with Crippen molar-refractivity contribution in [3.8, 4) is 0 Å². The van der Waals surface area contributed by atoms with E-state index in [0.29, 0.717) is 12.1 Å². The van der Waals surface area contributed by atoms with E-state index in [1.807, 2.05) is 13.1 Å². The van der Waals surface area contributed by atoms with Crippen LogP contribution in [-0.4, -0.2) is 43.1 Å². The van der Waals surface area contributed by atoms with Crippen LogP contribution < -0.4 is 10.6 Å². The Morgan fingerprint density at radius 1 is 1.05 bits per heavy atom. The number of halogens is 1. The van der Waals surface area contributed by atoms with E-state index in [-0.39, 0.29) is 24.0 Å². The molecule has 0 aliphatic carbocycles. The average molecular weight is 418 g/mol. The lowest BCUT2D eigenvalue weighted by Crippen LogP contribution is -2.45. The molecule has 5 heteroatoms. The summed E-state index contributed by atoms with van der Waals surface area (Å²) in [7, 11) is 1.81. The maximum atomic E-state index is 4.27. The van der Waals surface area contributed by atoms with Crippen LogP contribution in [0.15, 0.2) is 35.3 Å². The van der Waals surface area contributed by atoms with E-state index in [1.54, 1.807) is 0 Å². The van der Waals surface area contributed by atoms with Crippen LogP contribution >= 0.6 is 24.0 Å². The van der Waals surface area contributed by atoms with Gasteiger partial charge in [-0.3, -0.25) is 9.89 Å². The third kappa shape index (κ3) is 7.98. The summed E-state index contributed by atoms with van der Waals surface area (Å²) in [6, 6.07) is 11.5. The first-order valence-corrected chi connectivity index (χ1v) is 7.78. The number of aliphatic imine (C=N–C) groups is 1. The summed E-state index contributed by atoms with van der Waals surface area (Å²) >= 11 is 0. The van der Waals surface area contributed by atoms with E-state index >= 15 is 0 Å². The Kier molecular flexibility index (Phi) is 11.3. The maximum absolute atomic E-state index is 4.27. The molecule has 4 nitrogen and oxygen atoms in total. The van der Waals surface area contributed by atoms with Gasteiger partial charge < -0.3 is 10.6 Å². The largest absolute Gasteiger partial charge is 0.355 e. The molecule has 0 atom stereocenters. The molecule has 0 heterocycles. The molecule has 0 aliphatic rings. The lowest BCUT2D eigenvalue weighted by molar-refractivity contribution is 0.178. The van der Waals surface area contributed by atoms with Crippen molar-refractivity contribution in [1.82, 2.24) is 15.5 Å². The molecule has 0 fully saturated rings. The highest BCUT2D eigenvalue weighted by Crippen LogP contribution is 2.03. The zero-order valence-corrected chi connectivity index (χ0v) is 16.8. The third-order valence-electron chi connectivity index (χ3n) is 3.52. The Labute approximate surface area is 152 Å². The summed E-state index contributed by atoms with van der Waals surface area (Å²) in [5.74, 6) is 0.853. The second kappa shape index (κ2) is 11.7. The van der Waals surface area contributed by atoms with Crippen LogP contribution in [0.1, 0.15) is 33.3 Å². The van der Waals surface area contributed by atoms with Crippen LogP contribution in [0.2, 0.25) is 0 Å². The standard InChI is InChI=1S/C17H30N4.HI/c1-14(2)21(15(3)4)12-11-19-17(18-5)20-13-16-9-7-6-8-10-16;/h6-10,14-15H,11-13H2,1-5H3,(H2,18,19,20);1H. The van der Waals surface area contributed by atoms with Crippen molar-refractivity contribution >= 4 is 29.9 Å². The van der Waals surface area contributed by atoms with Crippen molar-refractivity contribution in [2.45, 2.75) is 46.3 Å². The molecule has 0 bridgehead atoms. The van der Waals surface area contributed by atoms with Crippen molar-refractivity contribution in [3.63, 3.8) is 0 Å². The number of nitrogens with zero attached hydrogens (tertiary/aromatic N) is 2. The summed E-state index contributed by atoms with van der Waals surface area (Å²) in [6.07, 6.45) is 0. The van der Waals surface area contributed by atoms with Crippen molar-refractivity contribution in [1.29, 1.82) is 0 Å². The number of rotatable bonds is 7. The van der Waals surface area contributed by atoms with Crippen LogP contribution in [0.5, 0.6) is 0 Å². The van der Waals surface area contributed by atoms with Gasteiger partial charge in [0.25, 0.3) is 0 Å². The summed E-state index contributed by atoms with van der Waals surface area (Å²) in [5.41, 5.74) is 1.26. The van der Waals surface area contributed by atoms with Crippen LogP contribution in [0.4, 0.5) is 0 Å². The lowest BCUT2D eigenvalue weighted by Gasteiger charge is -2.30. The Bertz CT molecular complexity index is 410. The number of hydrogen-bond acceptors (Lipinski definition) is 2. The molecule has 1 aromatic rings. The third-order valence-corrected chi connectivity index (χ3v) is 3.52. The van der Waals surface area contributed by atoms with Crippen molar-refractivity contribution in [2.24, 2.45) is 4.99 Å². The van der Waals surface area contributed by atoms with Crippen LogP contribution in [0.3, 0.4) is 0 Å². The van der Waals surface area contributed by atoms with Gasteiger partial charge in [0.05, 0.1) is 0 Å². The molecule has 2 N–H and O–H groups in total. The van der Waals surface area contributed by atoms with E-state index in [0.717, 1.165) is 25.6 Å². The van der Waals surface area contributed by atoms with Crippen molar-refractivity contribution in [2.75, 3.05) is 20.1 Å². The molecule has 0 saturated heterocycles. The minimum atomic E-state index is 0. The summed E-state index contributed by atoms with van der Waals surface area (Å²) in [6.45, 7) is 11.7. The van der Waals surface area contributed by atoms with Crippen LogP contribution in [0, 0.1) is 0 Å². The topological polar surface area (TPSA) is 39.7 Å². The summed E-state index contributed by atoms with van der Waals surface area (Å²) in [5, 5.41) is 6.72. The van der Waals surface area contributed by atoms with Crippen LogP contribution in [0.25, 0.3) is 0 Å². The Hall–Kier alpha value is -0.820. The van der Waals surface area contributed by atoms with Gasteiger partial charge >= 0.3 is 0 Å². The molecule has 0 saturated carbocycles. The molecular formula is C17H31IN4. The normalized spacial score (nSPS) is 11.7. The fourth-order valence-electron chi connectivity index (χ4n) is 2.42. The van der Waals surface area contributed by atoms with Gasteiger partial charge in [0.15, 0.2) is 5.96 Å². The van der Waals surface area contributed by atoms with Crippen LogP contribution in [-0.2, 0) is 6.54 Å². The number of hydrogen-bond donors (Lipinski definition) is 2. The zero-order chi connectivity index (χ0) is 15.7. The predicted octanol–water partition coefficient (Wildman–Crippen LogP) is 3.09. The molecule has 0 unspecified atom stereocenters. The molecule has 0 spiro atoms. The lowest BCUT2D eigenvalue weighted by atomic mass is 10.2. The van der Waals surface area contributed by atoms with Crippen molar-refractivity contribution < 1.29 is 0 Å². The molecule has 22 heavy (non-hydrogen) atoms. The highest BCUT2D eigenvalue weighted by Gasteiger charge is 2.12. The fraction of sp³-hybridized carbons (Fsp3) is 0.588. The zero-order valence-electron chi connectivity index (χ0n) is 14.5. The summed E-state index contributed by atoms with van der Waals surface area (Å²) in [4.78, 5) is 6.74. The first kappa shape index (κ1) is 21.2. The fourth-order valence-corrected chi connectivity index (χ4v) is 2.42. The van der Waals surface area contributed by atoms with Crippen molar-refractivity contribution in [3.05, 3.63) is 35.9 Å². The highest BCUT2D eigenvalue weighted by atomic mass is 127. The smallest absolute Gasteiger partial charge is 0.191 e. The minimum Gasteiger partial charge on any atom is -0.355 e. The molecule has 0 aliphatic heterocycles. The van der Waals surface area contributed by atoms with E-state index in [4.69, 9.17) is 0 Å². The molecule has 126 valence electrons. The first-order chi connectivity index (χ1) is 10.0. The van der Waals surface area contributed by atoms with Gasteiger partial charge in [-0.15, -0.1) is 24.0 Å². The Morgan fingerprint density at radius 3 is 2.14 bits per heavy atom. The second-order valence-corrected chi connectivity index (χ2v) is 5.76. The van der Waals surface area contributed by atoms with Gasteiger partial charge in [-0.2, -0.15) is 0 Å². The van der Waals surface area contributed by atoms with Gasteiger partial charge in [0, 0.05) is 38.8 Å². The Balaban J connectivity index is 0.00000441. The number of benzene rings is 1. The van der Waals surface area contributed by atoms with E-state index in [9.17, 15) is 0 Å².